The summed E-state index contributed by atoms with van der Waals surface area (Å²) >= 11 is 0. The predicted octanol–water partition coefficient (Wildman–Crippen LogP) is 5.63. The molecule has 2 aromatic carbocycles. The van der Waals surface area contributed by atoms with Crippen molar-refractivity contribution < 1.29 is 13.9 Å². The van der Waals surface area contributed by atoms with E-state index in [0.29, 0.717) is 22.9 Å². The van der Waals surface area contributed by atoms with Crippen LogP contribution in [-0.2, 0) is 6.61 Å². The van der Waals surface area contributed by atoms with Crippen LogP contribution in [0.1, 0.15) is 49.7 Å². The van der Waals surface area contributed by atoms with E-state index in [1.54, 1.807) is 37.6 Å². The molecule has 0 aliphatic carbocycles. The number of methoxy groups -OCH3 is 1. The van der Waals surface area contributed by atoms with Gasteiger partial charge in [-0.05, 0) is 68.4 Å². The van der Waals surface area contributed by atoms with Gasteiger partial charge in [0.25, 0.3) is 0 Å². The number of benzene rings is 2. The largest absolute Gasteiger partial charge is 0.493 e. The van der Waals surface area contributed by atoms with E-state index in [1.165, 1.54) is 44.6 Å². The highest BCUT2D eigenvalue weighted by molar-refractivity contribution is 5.81. The number of piperidine rings is 2. The van der Waals surface area contributed by atoms with Gasteiger partial charge in [0.15, 0.2) is 17.3 Å². The number of anilines is 3. The molecule has 9 heteroatoms. The van der Waals surface area contributed by atoms with Gasteiger partial charge in [-0.1, -0.05) is 18.2 Å². The lowest BCUT2D eigenvalue weighted by Gasteiger charge is -2.31. The molecule has 1 aromatic heterocycles. The Balaban J connectivity index is 1.29. The Morgan fingerprint density at radius 1 is 0.895 bits per heavy atom. The minimum atomic E-state index is -0.294. The molecule has 5 rings (SSSR count). The van der Waals surface area contributed by atoms with Crippen LogP contribution in [0.5, 0.6) is 11.5 Å². The summed E-state index contributed by atoms with van der Waals surface area (Å²) in [6, 6.07) is 14.1. The SMILES string of the molecule is COc1cc(/C=N/Nc2cc(N3CCCCC3)nc(N3CCCCC3)n2)ccc1OCc1ccccc1F. The zero-order chi connectivity index (χ0) is 26.2. The summed E-state index contributed by atoms with van der Waals surface area (Å²) in [4.78, 5) is 14.3. The average Bonchev–Trinajstić information content (AvgIpc) is 2.98. The molecule has 3 heterocycles. The zero-order valence-electron chi connectivity index (χ0n) is 21.9. The van der Waals surface area contributed by atoms with Gasteiger partial charge in [-0.15, -0.1) is 0 Å². The number of ether oxygens (including phenoxy) is 2. The minimum Gasteiger partial charge on any atom is -0.493 e. The first-order chi connectivity index (χ1) is 18.7. The van der Waals surface area contributed by atoms with Crippen molar-refractivity contribution in [1.29, 1.82) is 0 Å². The fourth-order valence-electron chi connectivity index (χ4n) is 4.83. The molecule has 3 aromatic rings. The summed E-state index contributed by atoms with van der Waals surface area (Å²) in [6.45, 7) is 4.12. The third-order valence-electron chi connectivity index (χ3n) is 6.94. The molecule has 0 amide bonds. The van der Waals surface area contributed by atoms with Crippen molar-refractivity contribution in [2.24, 2.45) is 5.10 Å². The molecular weight excluding hydrogens is 483 g/mol. The highest BCUT2D eigenvalue weighted by Gasteiger charge is 2.19. The van der Waals surface area contributed by atoms with E-state index in [0.717, 1.165) is 43.5 Å². The molecule has 2 saturated heterocycles. The van der Waals surface area contributed by atoms with Crippen LogP contribution in [0.15, 0.2) is 53.6 Å². The van der Waals surface area contributed by atoms with E-state index < -0.39 is 0 Å². The molecule has 0 spiro atoms. The van der Waals surface area contributed by atoms with Gasteiger partial charge in [0.2, 0.25) is 5.95 Å². The first-order valence-corrected chi connectivity index (χ1v) is 13.4. The van der Waals surface area contributed by atoms with E-state index >= 15 is 0 Å². The predicted molar refractivity (Wildman–Crippen MR) is 149 cm³/mol. The molecule has 0 radical (unpaired) electrons. The molecule has 0 bridgehead atoms. The van der Waals surface area contributed by atoms with Gasteiger partial charge in [0, 0.05) is 37.8 Å². The molecule has 2 fully saturated rings. The number of aromatic nitrogens is 2. The van der Waals surface area contributed by atoms with Gasteiger partial charge < -0.3 is 19.3 Å². The number of rotatable bonds is 9. The van der Waals surface area contributed by atoms with Crippen molar-refractivity contribution in [3.05, 3.63) is 65.5 Å². The Hall–Kier alpha value is -3.88. The van der Waals surface area contributed by atoms with Crippen LogP contribution in [0, 0.1) is 5.82 Å². The maximum Gasteiger partial charge on any atom is 0.229 e. The third kappa shape index (κ3) is 6.51. The summed E-state index contributed by atoms with van der Waals surface area (Å²) in [7, 11) is 1.58. The molecule has 0 unspecified atom stereocenters. The van der Waals surface area contributed by atoms with Crippen LogP contribution in [0.3, 0.4) is 0 Å². The Morgan fingerprint density at radius 3 is 2.37 bits per heavy atom. The van der Waals surface area contributed by atoms with E-state index in [1.807, 2.05) is 18.2 Å². The van der Waals surface area contributed by atoms with E-state index in [4.69, 9.17) is 19.4 Å². The molecule has 2 aliphatic rings. The average molecular weight is 519 g/mol. The Kier molecular flexibility index (Phi) is 8.53. The van der Waals surface area contributed by atoms with Gasteiger partial charge >= 0.3 is 0 Å². The Labute approximate surface area is 223 Å². The number of hydrogen-bond acceptors (Lipinski definition) is 8. The minimum absolute atomic E-state index is 0.116. The Bertz CT molecular complexity index is 1210. The van der Waals surface area contributed by atoms with Crippen molar-refractivity contribution in [3.8, 4) is 11.5 Å². The first-order valence-electron chi connectivity index (χ1n) is 13.4. The summed E-state index contributed by atoms with van der Waals surface area (Å²) in [5, 5.41) is 4.45. The van der Waals surface area contributed by atoms with Crippen molar-refractivity contribution in [3.63, 3.8) is 0 Å². The number of hydrazone groups is 1. The van der Waals surface area contributed by atoms with Gasteiger partial charge in [0.05, 0.1) is 13.3 Å². The maximum atomic E-state index is 13.9. The van der Waals surface area contributed by atoms with Crippen LogP contribution >= 0.6 is 0 Å². The summed E-state index contributed by atoms with van der Waals surface area (Å²) < 4.78 is 25.2. The van der Waals surface area contributed by atoms with Crippen LogP contribution < -0.4 is 24.7 Å². The molecule has 200 valence electrons. The zero-order valence-corrected chi connectivity index (χ0v) is 21.9. The Morgan fingerprint density at radius 2 is 1.63 bits per heavy atom. The van der Waals surface area contributed by atoms with E-state index in [2.05, 4.69) is 20.3 Å². The molecule has 2 aliphatic heterocycles. The number of halogens is 1. The molecule has 8 nitrogen and oxygen atoms in total. The molecule has 0 atom stereocenters. The lowest BCUT2D eigenvalue weighted by molar-refractivity contribution is 0.279. The van der Waals surface area contributed by atoms with Crippen molar-refractivity contribution in [1.82, 2.24) is 9.97 Å². The molecule has 0 saturated carbocycles. The lowest BCUT2D eigenvalue weighted by atomic mass is 10.1. The smallest absolute Gasteiger partial charge is 0.229 e. The van der Waals surface area contributed by atoms with Crippen LogP contribution in [0.25, 0.3) is 0 Å². The summed E-state index contributed by atoms with van der Waals surface area (Å²) in [5.74, 6) is 3.19. The second-order valence-electron chi connectivity index (χ2n) is 9.67. The van der Waals surface area contributed by atoms with Crippen molar-refractivity contribution >= 4 is 23.8 Å². The van der Waals surface area contributed by atoms with Crippen molar-refractivity contribution in [2.45, 2.75) is 45.1 Å². The maximum absolute atomic E-state index is 13.9. The highest BCUT2D eigenvalue weighted by Crippen LogP contribution is 2.29. The van der Waals surface area contributed by atoms with E-state index in [-0.39, 0.29) is 12.4 Å². The lowest BCUT2D eigenvalue weighted by Crippen LogP contribution is -2.33. The first kappa shape index (κ1) is 25.8. The van der Waals surface area contributed by atoms with Crippen LogP contribution in [0.4, 0.5) is 22.0 Å². The normalized spacial score (nSPS) is 16.1. The fraction of sp³-hybridized carbons (Fsp3) is 0.414. The molecule has 38 heavy (non-hydrogen) atoms. The van der Waals surface area contributed by atoms with Gasteiger partial charge in [-0.2, -0.15) is 15.1 Å². The summed E-state index contributed by atoms with van der Waals surface area (Å²) in [6.07, 6.45) is 8.95. The van der Waals surface area contributed by atoms with E-state index in [9.17, 15) is 4.39 Å². The standard InChI is InChI=1S/C29H35FN6O2/c1-37-26-18-22(12-13-25(26)38-21-23-10-4-5-11-24(23)30)20-31-34-27-19-28(35-14-6-2-7-15-35)33-29(32-27)36-16-8-3-9-17-36/h4-5,10-13,18-20H,2-3,6-9,14-17,21H2,1H3,(H,32,33,34)/b31-20+. The van der Waals surface area contributed by atoms with Gasteiger partial charge in [-0.3, -0.25) is 5.43 Å². The molecule has 1 N–H and O–H groups in total. The number of nitrogens with zero attached hydrogens (tertiary/aromatic N) is 5. The summed E-state index contributed by atoms with van der Waals surface area (Å²) in [5.41, 5.74) is 4.42. The highest BCUT2D eigenvalue weighted by atomic mass is 19.1. The van der Waals surface area contributed by atoms with Crippen LogP contribution in [0.2, 0.25) is 0 Å². The number of nitrogens with one attached hydrogen (secondary N) is 1. The monoisotopic (exact) mass is 518 g/mol. The molecular formula is C29H35FN6O2. The van der Waals surface area contributed by atoms with Crippen molar-refractivity contribution in [2.75, 3.05) is 48.5 Å². The topological polar surface area (TPSA) is 75.1 Å². The van der Waals surface area contributed by atoms with Gasteiger partial charge in [0.1, 0.15) is 18.2 Å². The third-order valence-corrected chi connectivity index (χ3v) is 6.94. The number of hydrogen-bond donors (Lipinski definition) is 1. The van der Waals surface area contributed by atoms with Gasteiger partial charge in [-0.25, -0.2) is 4.39 Å². The fourth-order valence-corrected chi connectivity index (χ4v) is 4.83. The second kappa shape index (κ2) is 12.6. The quantitative estimate of drug-likeness (QED) is 0.291. The second-order valence-corrected chi connectivity index (χ2v) is 9.67. The van der Waals surface area contributed by atoms with Crippen LogP contribution in [-0.4, -0.2) is 49.5 Å².